The largest absolute Gasteiger partial charge is 0.379 e. The van der Waals surface area contributed by atoms with Crippen LogP contribution in [0.15, 0.2) is 50.9 Å². The van der Waals surface area contributed by atoms with Crippen LogP contribution >= 0.6 is 15.9 Å². The number of nitrogens with zero attached hydrogens (tertiary/aromatic N) is 5. The molecule has 3 aromatic heterocycles. The second-order valence-corrected chi connectivity index (χ2v) is 7.49. The molecular formula is C19H19BrN6O3. The number of imidazole rings is 1. The first-order chi connectivity index (χ1) is 13.9. The molecule has 0 spiro atoms. The number of rotatable bonds is 5. The molecule has 0 aliphatic rings. The van der Waals surface area contributed by atoms with Crippen LogP contribution in [0.1, 0.15) is 5.56 Å². The molecule has 29 heavy (non-hydrogen) atoms. The summed E-state index contributed by atoms with van der Waals surface area (Å²) in [6.07, 6.45) is 1.57. The number of halogens is 1. The summed E-state index contributed by atoms with van der Waals surface area (Å²) in [4.78, 5) is 42.8. The molecule has 0 saturated carbocycles. The summed E-state index contributed by atoms with van der Waals surface area (Å²) < 4.78 is 5.44. The van der Waals surface area contributed by atoms with E-state index >= 15 is 0 Å². The lowest BCUT2D eigenvalue weighted by atomic mass is 10.2. The molecule has 0 aliphatic carbocycles. The van der Waals surface area contributed by atoms with Gasteiger partial charge in [0.05, 0.1) is 6.54 Å². The fourth-order valence-electron chi connectivity index (χ4n) is 3.35. The van der Waals surface area contributed by atoms with Crippen molar-refractivity contribution in [1.29, 1.82) is 0 Å². The number of benzene rings is 1. The van der Waals surface area contributed by atoms with Crippen LogP contribution in [0.5, 0.6) is 0 Å². The smallest absolute Gasteiger partial charge is 0.332 e. The highest BCUT2D eigenvalue weighted by Crippen LogP contribution is 2.15. The predicted molar refractivity (Wildman–Crippen MR) is 115 cm³/mol. The van der Waals surface area contributed by atoms with Gasteiger partial charge in [-0.05, 0) is 5.56 Å². The summed E-state index contributed by atoms with van der Waals surface area (Å²) in [5, 5.41) is 3.75. The van der Waals surface area contributed by atoms with Crippen LogP contribution < -0.4 is 22.1 Å². The Labute approximate surface area is 173 Å². The van der Waals surface area contributed by atoms with E-state index in [1.807, 2.05) is 30.3 Å². The van der Waals surface area contributed by atoms with E-state index in [0.717, 1.165) is 10.1 Å². The highest BCUT2D eigenvalue weighted by Gasteiger charge is 2.19. The molecule has 0 fully saturated rings. The van der Waals surface area contributed by atoms with Crippen molar-refractivity contribution >= 4 is 38.6 Å². The van der Waals surface area contributed by atoms with Crippen LogP contribution in [-0.4, -0.2) is 35.0 Å². The molecule has 0 bridgehead atoms. The molecule has 0 atom stereocenters. The molecule has 4 aromatic rings. The van der Waals surface area contributed by atoms with Crippen molar-refractivity contribution in [3.63, 3.8) is 0 Å². The Hall–Kier alpha value is -3.14. The molecule has 1 N–H and O–H groups in total. The van der Waals surface area contributed by atoms with Crippen LogP contribution in [0, 0.1) is 0 Å². The lowest BCUT2D eigenvalue weighted by Gasteiger charge is -2.12. The number of aromatic nitrogens is 5. The Balaban J connectivity index is 2.11. The van der Waals surface area contributed by atoms with Crippen molar-refractivity contribution in [2.45, 2.75) is 6.54 Å². The van der Waals surface area contributed by atoms with E-state index in [9.17, 15) is 14.4 Å². The Kier molecular flexibility index (Phi) is 4.87. The van der Waals surface area contributed by atoms with E-state index < -0.39 is 11.2 Å². The highest BCUT2D eigenvalue weighted by atomic mass is 79.9. The SMILES string of the molecule is Cn1c(=O)c2c(nc3n(Cc4ccccc4)c(=O)c(NCCBr)cn23)n(C)c1=O. The molecule has 3 heterocycles. The number of nitrogens with one attached hydrogen (secondary N) is 1. The third-order valence-corrected chi connectivity index (χ3v) is 5.24. The molecule has 0 amide bonds. The van der Waals surface area contributed by atoms with Gasteiger partial charge in [-0.2, -0.15) is 4.98 Å². The third-order valence-electron chi connectivity index (χ3n) is 4.84. The van der Waals surface area contributed by atoms with Gasteiger partial charge in [0, 0.05) is 32.2 Å². The van der Waals surface area contributed by atoms with Gasteiger partial charge in [0.15, 0.2) is 11.2 Å². The van der Waals surface area contributed by atoms with Crippen molar-refractivity contribution < 1.29 is 0 Å². The second kappa shape index (κ2) is 7.36. The summed E-state index contributed by atoms with van der Waals surface area (Å²) in [7, 11) is 2.98. The zero-order valence-electron chi connectivity index (χ0n) is 15.9. The van der Waals surface area contributed by atoms with Gasteiger partial charge in [0.2, 0.25) is 5.78 Å². The lowest BCUT2D eigenvalue weighted by Crippen LogP contribution is -2.37. The average Bonchev–Trinajstić information content (AvgIpc) is 3.11. The number of anilines is 1. The minimum atomic E-state index is -0.472. The Morgan fingerprint density at radius 2 is 1.76 bits per heavy atom. The third kappa shape index (κ3) is 3.09. The molecule has 9 nitrogen and oxygen atoms in total. The Morgan fingerprint density at radius 3 is 2.45 bits per heavy atom. The maximum atomic E-state index is 13.2. The molecule has 1 aromatic carbocycles. The molecule has 150 valence electrons. The number of fused-ring (bicyclic) bond motifs is 3. The summed E-state index contributed by atoms with van der Waals surface area (Å²) >= 11 is 3.34. The van der Waals surface area contributed by atoms with E-state index in [4.69, 9.17) is 0 Å². The van der Waals surface area contributed by atoms with Gasteiger partial charge < -0.3 is 5.32 Å². The van der Waals surface area contributed by atoms with Crippen molar-refractivity contribution in [3.05, 3.63) is 73.3 Å². The van der Waals surface area contributed by atoms with Crippen molar-refractivity contribution in [3.8, 4) is 0 Å². The first-order valence-corrected chi connectivity index (χ1v) is 10.1. The number of hydrogen-bond donors (Lipinski definition) is 1. The predicted octanol–water partition coefficient (Wildman–Crippen LogP) is 0.902. The summed E-state index contributed by atoms with van der Waals surface area (Å²) in [6.45, 7) is 0.819. The summed E-state index contributed by atoms with van der Waals surface area (Å²) in [5.41, 5.74) is 0.559. The molecule has 4 rings (SSSR count). The first kappa shape index (κ1) is 19.2. The van der Waals surface area contributed by atoms with Crippen LogP contribution in [0.25, 0.3) is 16.9 Å². The van der Waals surface area contributed by atoms with Gasteiger partial charge in [0.1, 0.15) is 5.69 Å². The number of alkyl halides is 1. The van der Waals surface area contributed by atoms with Crippen LogP contribution in [0.2, 0.25) is 0 Å². The highest BCUT2D eigenvalue weighted by molar-refractivity contribution is 9.09. The van der Waals surface area contributed by atoms with Crippen molar-refractivity contribution in [2.24, 2.45) is 14.1 Å². The fraction of sp³-hybridized carbons (Fsp3) is 0.263. The molecule has 0 aliphatic heterocycles. The normalized spacial score (nSPS) is 11.4. The van der Waals surface area contributed by atoms with E-state index in [2.05, 4.69) is 26.2 Å². The van der Waals surface area contributed by atoms with E-state index in [1.54, 1.807) is 17.6 Å². The van der Waals surface area contributed by atoms with Gasteiger partial charge >= 0.3 is 5.69 Å². The average molecular weight is 459 g/mol. The summed E-state index contributed by atoms with van der Waals surface area (Å²) in [6, 6.07) is 9.52. The summed E-state index contributed by atoms with van der Waals surface area (Å²) in [5.74, 6) is 0.302. The lowest BCUT2D eigenvalue weighted by molar-refractivity contribution is 0.708. The number of aryl methyl sites for hydroxylation is 1. The molecule has 10 heteroatoms. The van der Waals surface area contributed by atoms with Gasteiger partial charge in [0.25, 0.3) is 11.1 Å². The first-order valence-electron chi connectivity index (χ1n) is 8.99. The molecule has 0 radical (unpaired) electrons. The van der Waals surface area contributed by atoms with E-state index in [0.29, 0.717) is 23.3 Å². The molecule has 0 saturated heterocycles. The van der Waals surface area contributed by atoms with Crippen LogP contribution in [0.4, 0.5) is 5.69 Å². The van der Waals surface area contributed by atoms with Crippen molar-refractivity contribution in [2.75, 3.05) is 17.2 Å². The minimum absolute atomic E-state index is 0.233. The standard InChI is InChI=1S/C19H19BrN6O3/c1-23-15-14(17(28)24(2)19(23)29)25-11-13(21-9-8-20)16(27)26(18(25)22-15)10-12-6-4-3-5-7-12/h3-7,11,21H,8-10H2,1-2H3. The van der Waals surface area contributed by atoms with Crippen LogP contribution in [-0.2, 0) is 20.6 Å². The van der Waals surface area contributed by atoms with Crippen molar-refractivity contribution in [1.82, 2.24) is 23.1 Å². The van der Waals surface area contributed by atoms with Gasteiger partial charge in [-0.25, -0.2) is 4.79 Å². The zero-order valence-corrected chi connectivity index (χ0v) is 17.5. The van der Waals surface area contributed by atoms with Gasteiger partial charge in [-0.15, -0.1) is 0 Å². The maximum absolute atomic E-state index is 13.2. The quantitative estimate of drug-likeness (QED) is 0.448. The van der Waals surface area contributed by atoms with E-state index in [-0.39, 0.29) is 23.3 Å². The number of hydrogen-bond acceptors (Lipinski definition) is 5. The molecular weight excluding hydrogens is 440 g/mol. The minimum Gasteiger partial charge on any atom is -0.379 e. The Morgan fingerprint density at radius 1 is 1.03 bits per heavy atom. The van der Waals surface area contributed by atoms with E-state index in [1.165, 1.54) is 16.2 Å². The van der Waals surface area contributed by atoms with Gasteiger partial charge in [-0.3, -0.25) is 27.7 Å². The van der Waals surface area contributed by atoms with Gasteiger partial charge in [-0.1, -0.05) is 46.3 Å². The Bertz CT molecular complexity index is 1400. The zero-order chi connectivity index (χ0) is 20.7. The maximum Gasteiger partial charge on any atom is 0.332 e. The second-order valence-electron chi connectivity index (χ2n) is 6.70. The topological polar surface area (TPSA) is 95.3 Å². The monoisotopic (exact) mass is 458 g/mol. The van der Waals surface area contributed by atoms with Crippen LogP contribution in [0.3, 0.4) is 0 Å². The fourth-order valence-corrected chi connectivity index (χ4v) is 3.55. The molecule has 0 unspecified atom stereocenters.